The van der Waals surface area contributed by atoms with Gasteiger partial charge in [0.15, 0.2) is 0 Å². The molecular weight excluding hydrogens is 206 g/mol. The van der Waals surface area contributed by atoms with Crippen molar-refractivity contribution in [1.29, 1.82) is 0 Å². The van der Waals surface area contributed by atoms with Crippen LogP contribution in [0.15, 0.2) is 39.9 Å². The van der Waals surface area contributed by atoms with Crippen molar-refractivity contribution in [3.8, 4) is 11.1 Å². The molecule has 0 saturated carbocycles. The quantitative estimate of drug-likeness (QED) is 0.735. The van der Waals surface area contributed by atoms with Crippen molar-refractivity contribution < 1.29 is 4.52 Å². The molecule has 0 bridgehead atoms. The van der Waals surface area contributed by atoms with E-state index in [0.717, 1.165) is 22.1 Å². The molecule has 2 rings (SSSR count). The van der Waals surface area contributed by atoms with E-state index in [2.05, 4.69) is 24.2 Å². The van der Waals surface area contributed by atoms with Crippen LogP contribution in [0, 0.1) is 6.92 Å². The molecule has 0 aliphatic heterocycles. The van der Waals surface area contributed by atoms with Crippen LogP contribution in [0.4, 0.5) is 0 Å². The van der Waals surface area contributed by atoms with E-state index in [1.807, 2.05) is 25.1 Å². The third-order valence-corrected chi connectivity index (χ3v) is 3.00. The summed E-state index contributed by atoms with van der Waals surface area (Å²) in [5.41, 5.74) is 3.26. The van der Waals surface area contributed by atoms with Crippen LogP contribution in [0.25, 0.3) is 11.1 Å². The lowest BCUT2D eigenvalue weighted by molar-refractivity contribution is 0.347. The topological polar surface area (TPSA) is 26.0 Å². The van der Waals surface area contributed by atoms with E-state index >= 15 is 0 Å². The summed E-state index contributed by atoms with van der Waals surface area (Å²) in [5, 5.41) is 4.93. The molecule has 0 N–H and O–H groups in total. The Kier molecular flexibility index (Phi) is 3.11. The van der Waals surface area contributed by atoms with Crippen molar-refractivity contribution in [2.24, 2.45) is 0 Å². The summed E-state index contributed by atoms with van der Waals surface area (Å²) >= 11 is 1.69. The molecule has 0 fully saturated rings. The van der Waals surface area contributed by atoms with Crippen LogP contribution in [-0.4, -0.2) is 10.9 Å². The van der Waals surface area contributed by atoms with Gasteiger partial charge in [-0.2, -0.15) is 0 Å². The average molecular weight is 219 g/mol. The van der Waals surface area contributed by atoms with E-state index in [1.54, 1.807) is 11.8 Å². The largest absolute Gasteiger partial charge is 0.349 e. The van der Waals surface area contributed by atoms with E-state index in [4.69, 9.17) is 4.52 Å². The van der Waals surface area contributed by atoms with Crippen molar-refractivity contribution in [3.63, 3.8) is 0 Å². The molecule has 3 heteroatoms. The molecule has 1 aromatic heterocycles. The number of thioether (sulfide) groups is 1. The highest BCUT2D eigenvalue weighted by Gasteiger charge is 2.14. The number of aromatic nitrogens is 1. The predicted molar refractivity (Wildman–Crippen MR) is 63.1 cm³/mol. The molecule has 0 unspecified atom stereocenters. The summed E-state index contributed by atoms with van der Waals surface area (Å²) in [6, 6.07) is 10.2. The van der Waals surface area contributed by atoms with Gasteiger partial charge in [0.05, 0.1) is 11.3 Å². The molecule has 2 nitrogen and oxygen atoms in total. The molecule has 2 aromatic rings. The lowest BCUT2D eigenvalue weighted by atomic mass is 10.1. The van der Waals surface area contributed by atoms with Gasteiger partial charge in [0.25, 0.3) is 0 Å². The Morgan fingerprint density at radius 1 is 1.27 bits per heavy atom. The highest BCUT2D eigenvalue weighted by atomic mass is 32.2. The lowest BCUT2D eigenvalue weighted by Crippen LogP contribution is -1.80. The summed E-state index contributed by atoms with van der Waals surface area (Å²) < 4.78 is 5.30. The number of hydrogen-bond donors (Lipinski definition) is 0. The van der Waals surface area contributed by atoms with Gasteiger partial charge in [-0.3, -0.25) is 0 Å². The minimum atomic E-state index is 0.918. The predicted octanol–water partition coefficient (Wildman–Crippen LogP) is 3.76. The fraction of sp³-hybridized carbons (Fsp3) is 0.250. The van der Waals surface area contributed by atoms with E-state index in [9.17, 15) is 0 Å². The highest BCUT2D eigenvalue weighted by Crippen LogP contribution is 2.33. The number of nitrogens with zero attached hydrogens (tertiary/aromatic N) is 1. The molecule has 0 aliphatic carbocycles. The molecule has 0 aliphatic rings. The van der Waals surface area contributed by atoms with Gasteiger partial charge in [0.1, 0.15) is 0 Å². The molecule has 0 radical (unpaired) electrons. The molecule has 78 valence electrons. The Balaban J connectivity index is 2.47. The molecule has 15 heavy (non-hydrogen) atoms. The van der Waals surface area contributed by atoms with Gasteiger partial charge in [0.2, 0.25) is 5.09 Å². The van der Waals surface area contributed by atoms with Crippen LogP contribution in [0.5, 0.6) is 0 Å². The van der Waals surface area contributed by atoms with E-state index in [-0.39, 0.29) is 0 Å². The van der Waals surface area contributed by atoms with Crippen molar-refractivity contribution in [2.45, 2.75) is 18.9 Å². The Labute approximate surface area is 93.7 Å². The van der Waals surface area contributed by atoms with Gasteiger partial charge in [0, 0.05) is 0 Å². The Bertz CT molecular complexity index is 436. The number of benzene rings is 1. The lowest BCUT2D eigenvalue weighted by Gasteiger charge is -2.00. The molecule has 0 saturated heterocycles. The molecule has 0 spiro atoms. The van der Waals surface area contributed by atoms with Crippen LogP contribution in [-0.2, 0) is 0 Å². The third-order valence-electron chi connectivity index (χ3n) is 2.17. The summed E-state index contributed by atoms with van der Waals surface area (Å²) in [4.78, 5) is 0. The van der Waals surface area contributed by atoms with Crippen molar-refractivity contribution in [3.05, 3.63) is 36.0 Å². The zero-order chi connectivity index (χ0) is 10.7. The summed E-state index contributed by atoms with van der Waals surface area (Å²) in [6.45, 7) is 4.09. The normalized spacial score (nSPS) is 10.5. The smallest absolute Gasteiger partial charge is 0.201 e. The van der Waals surface area contributed by atoms with Gasteiger partial charge in [-0.05, 0) is 18.2 Å². The number of rotatable bonds is 3. The van der Waals surface area contributed by atoms with Crippen LogP contribution >= 0.6 is 11.8 Å². The monoisotopic (exact) mass is 219 g/mol. The minimum Gasteiger partial charge on any atom is -0.349 e. The van der Waals surface area contributed by atoms with Gasteiger partial charge < -0.3 is 4.52 Å². The van der Waals surface area contributed by atoms with Crippen LogP contribution in [0.2, 0.25) is 0 Å². The van der Waals surface area contributed by atoms with Crippen LogP contribution in [0.3, 0.4) is 0 Å². The maximum Gasteiger partial charge on any atom is 0.201 e. The first kappa shape index (κ1) is 10.3. The first-order valence-electron chi connectivity index (χ1n) is 4.97. The van der Waals surface area contributed by atoms with Crippen molar-refractivity contribution in [1.82, 2.24) is 5.16 Å². The first-order chi connectivity index (χ1) is 7.33. The second kappa shape index (κ2) is 4.53. The second-order valence-electron chi connectivity index (χ2n) is 3.23. The number of hydrogen-bond acceptors (Lipinski definition) is 3. The Hall–Kier alpha value is -1.22. The van der Waals surface area contributed by atoms with E-state index < -0.39 is 0 Å². The third kappa shape index (κ3) is 2.07. The van der Waals surface area contributed by atoms with Crippen LogP contribution < -0.4 is 0 Å². The molecule has 0 amide bonds. The summed E-state index contributed by atoms with van der Waals surface area (Å²) in [5.74, 6) is 0.995. The van der Waals surface area contributed by atoms with Crippen molar-refractivity contribution >= 4 is 11.8 Å². The Morgan fingerprint density at radius 2 is 2.00 bits per heavy atom. The first-order valence-corrected chi connectivity index (χ1v) is 5.96. The fourth-order valence-corrected chi connectivity index (χ4v) is 2.27. The number of aryl methyl sites for hydroxylation is 1. The standard InChI is InChI=1S/C12H13NOS/c1-3-15-12-11(9(2)13-14-12)10-7-5-4-6-8-10/h4-8H,3H2,1-2H3. The maximum absolute atomic E-state index is 5.30. The highest BCUT2D eigenvalue weighted by molar-refractivity contribution is 7.99. The zero-order valence-corrected chi connectivity index (χ0v) is 9.67. The molecule has 1 heterocycles. The van der Waals surface area contributed by atoms with E-state index in [0.29, 0.717) is 0 Å². The van der Waals surface area contributed by atoms with E-state index in [1.165, 1.54) is 5.56 Å². The maximum atomic E-state index is 5.30. The molecule has 1 aromatic carbocycles. The fourth-order valence-electron chi connectivity index (χ4n) is 1.51. The summed E-state index contributed by atoms with van der Waals surface area (Å²) in [7, 11) is 0. The van der Waals surface area contributed by atoms with Crippen molar-refractivity contribution in [2.75, 3.05) is 5.75 Å². The summed E-state index contributed by atoms with van der Waals surface area (Å²) in [6.07, 6.45) is 0. The van der Waals surface area contributed by atoms with Gasteiger partial charge >= 0.3 is 0 Å². The van der Waals surface area contributed by atoms with Gasteiger partial charge in [-0.25, -0.2) is 0 Å². The van der Waals surface area contributed by atoms with Gasteiger partial charge in [-0.1, -0.05) is 54.2 Å². The second-order valence-corrected chi connectivity index (χ2v) is 4.47. The zero-order valence-electron chi connectivity index (χ0n) is 8.86. The Morgan fingerprint density at radius 3 is 2.67 bits per heavy atom. The molecule has 0 atom stereocenters. The average Bonchev–Trinajstić information content (AvgIpc) is 2.62. The van der Waals surface area contributed by atoms with Gasteiger partial charge in [-0.15, -0.1) is 0 Å². The SMILES string of the molecule is CCSc1onc(C)c1-c1ccccc1. The van der Waals surface area contributed by atoms with Crippen LogP contribution in [0.1, 0.15) is 12.6 Å². The molecular formula is C12H13NOS. The minimum absolute atomic E-state index is 0.918.